The molecule has 10 heteroatoms. The van der Waals surface area contributed by atoms with E-state index in [0.717, 1.165) is 11.1 Å². The van der Waals surface area contributed by atoms with E-state index in [4.69, 9.17) is 10.5 Å². The number of carbonyl (C=O) groups excluding carboxylic acids is 1. The third-order valence-corrected chi connectivity index (χ3v) is 5.47. The van der Waals surface area contributed by atoms with E-state index < -0.39 is 48.0 Å². The Morgan fingerprint density at radius 2 is 1.28 bits per heavy atom. The summed E-state index contributed by atoms with van der Waals surface area (Å²) in [7, 11) is 0. The number of amides is 1. The third kappa shape index (κ3) is 7.32. The fraction of sp³-hybridized carbons (Fsp3) is 0.269. The lowest BCUT2D eigenvalue weighted by Crippen LogP contribution is -2.45. The average Bonchev–Trinajstić information content (AvgIpc) is 2.84. The summed E-state index contributed by atoms with van der Waals surface area (Å²) in [4.78, 5) is 12.2. The quantitative estimate of drug-likeness (QED) is 0.373. The second-order valence-electron chi connectivity index (χ2n) is 8.11. The molecule has 4 nitrogen and oxygen atoms in total. The molecule has 0 spiro atoms. The van der Waals surface area contributed by atoms with Gasteiger partial charge in [0.2, 0.25) is 5.91 Å². The number of nitrogens with two attached hydrogens (primary N) is 1. The maximum absolute atomic E-state index is 13.2. The lowest BCUT2D eigenvalue weighted by molar-refractivity contribution is -0.143. The Labute approximate surface area is 204 Å². The first-order valence-electron chi connectivity index (χ1n) is 10.9. The Morgan fingerprint density at radius 3 is 1.69 bits per heavy atom. The lowest BCUT2D eigenvalue weighted by atomic mass is 9.85. The highest BCUT2D eigenvalue weighted by Gasteiger charge is 2.37. The predicted octanol–water partition coefficient (Wildman–Crippen LogP) is 5.52. The molecule has 0 aliphatic rings. The van der Waals surface area contributed by atoms with E-state index in [9.17, 15) is 31.1 Å². The summed E-state index contributed by atoms with van der Waals surface area (Å²) < 4.78 is 84.7. The molecule has 3 aromatic rings. The van der Waals surface area contributed by atoms with Crippen LogP contribution in [0.3, 0.4) is 0 Å². The number of nitrogens with one attached hydrogen (secondary N) is 1. The molecule has 36 heavy (non-hydrogen) atoms. The molecule has 192 valence electrons. The minimum absolute atomic E-state index is 0.0641. The monoisotopic (exact) mass is 510 g/mol. The highest BCUT2D eigenvalue weighted by Crippen LogP contribution is 2.36. The number of hydrogen-bond acceptors (Lipinski definition) is 3. The topological polar surface area (TPSA) is 64.4 Å². The summed E-state index contributed by atoms with van der Waals surface area (Å²) in [6.07, 6.45) is -9.92. The second kappa shape index (κ2) is 11.6. The zero-order chi connectivity index (χ0) is 26.3. The van der Waals surface area contributed by atoms with E-state index in [1.54, 1.807) is 0 Å². The Bertz CT molecular complexity index is 1060. The van der Waals surface area contributed by atoms with Crippen molar-refractivity contribution in [3.8, 4) is 0 Å². The Morgan fingerprint density at radius 1 is 0.806 bits per heavy atom. The summed E-state index contributed by atoms with van der Waals surface area (Å²) in [5, 5.41) is 2.77. The van der Waals surface area contributed by atoms with Crippen LogP contribution in [0.15, 0.2) is 78.9 Å². The molecule has 0 fully saturated rings. The first kappa shape index (κ1) is 27.2. The van der Waals surface area contributed by atoms with Gasteiger partial charge in [-0.2, -0.15) is 26.3 Å². The number of halogens is 6. The number of hydrogen-bond donors (Lipinski definition) is 2. The van der Waals surface area contributed by atoms with Crippen molar-refractivity contribution in [3.05, 3.63) is 107 Å². The predicted molar refractivity (Wildman–Crippen MR) is 122 cm³/mol. The smallest absolute Gasteiger partial charge is 0.375 e. The summed E-state index contributed by atoms with van der Waals surface area (Å²) in [6, 6.07) is 18.9. The number of carbonyl (C=O) groups is 1. The minimum Gasteiger partial charge on any atom is -0.375 e. The van der Waals surface area contributed by atoms with Crippen LogP contribution in [-0.4, -0.2) is 25.1 Å². The molecular weight excluding hydrogens is 486 g/mol. The van der Waals surface area contributed by atoms with Crippen LogP contribution < -0.4 is 11.1 Å². The fourth-order valence-corrected chi connectivity index (χ4v) is 3.87. The third-order valence-electron chi connectivity index (χ3n) is 5.47. The number of rotatable bonds is 9. The number of ether oxygens (including phenoxy) is 1. The van der Waals surface area contributed by atoms with Gasteiger partial charge >= 0.3 is 12.4 Å². The van der Waals surface area contributed by atoms with Crippen molar-refractivity contribution in [3.63, 3.8) is 0 Å². The maximum Gasteiger partial charge on any atom is 0.416 e. The lowest BCUT2D eigenvalue weighted by Gasteiger charge is -2.29. The van der Waals surface area contributed by atoms with Gasteiger partial charge in [0.25, 0.3) is 0 Å². The van der Waals surface area contributed by atoms with Crippen LogP contribution >= 0.6 is 0 Å². The van der Waals surface area contributed by atoms with E-state index in [0.29, 0.717) is 12.1 Å². The van der Waals surface area contributed by atoms with Crippen LogP contribution in [0.4, 0.5) is 26.3 Å². The van der Waals surface area contributed by atoms with E-state index in [2.05, 4.69) is 5.32 Å². The molecule has 0 saturated heterocycles. The molecule has 3 rings (SSSR count). The van der Waals surface area contributed by atoms with E-state index >= 15 is 0 Å². The number of alkyl halides is 6. The first-order valence-corrected chi connectivity index (χ1v) is 10.9. The fourth-order valence-electron chi connectivity index (χ4n) is 3.87. The second-order valence-corrected chi connectivity index (χ2v) is 8.11. The number of benzene rings is 3. The van der Waals surface area contributed by atoms with Crippen LogP contribution in [0.5, 0.6) is 0 Å². The van der Waals surface area contributed by atoms with Crippen LogP contribution in [-0.2, 0) is 28.5 Å². The van der Waals surface area contributed by atoms with Crippen molar-refractivity contribution in [2.24, 2.45) is 5.73 Å². The first-order chi connectivity index (χ1) is 17.0. The molecule has 1 unspecified atom stereocenters. The molecule has 0 saturated carbocycles. The molecule has 0 bridgehead atoms. The van der Waals surface area contributed by atoms with Crippen LogP contribution in [0.2, 0.25) is 0 Å². The van der Waals surface area contributed by atoms with Gasteiger partial charge in [-0.3, -0.25) is 4.79 Å². The Hall–Kier alpha value is -3.37. The largest absolute Gasteiger partial charge is 0.416 e. The minimum atomic E-state index is -4.96. The molecule has 0 aromatic heterocycles. The van der Waals surface area contributed by atoms with Gasteiger partial charge in [-0.25, -0.2) is 0 Å². The van der Waals surface area contributed by atoms with Crippen LogP contribution in [0.1, 0.15) is 33.7 Å². The molecule has 0 aliphatic heterocycles. The van der Waals surface area contributed by atoms with Gasteiger partial charge in [-0.15, -0.1) is 0 Å². The molecule has 3 N–H and O–H groups in total. The van der Waals surface area contributed by atoms with E-state index in [1.165, 1.54) is 0 Å². The highest BCUT2D eigenvalue weighted by atomic mass is 19.4. The van der Waals surface area contributed by atoms with Crippen LogP contribution in [0, 0.1) is 0 Å². The molecule has 0 aliphatic carbocycles. The maximum atomic E-state index is 13.2. The van der Waals surface area contributed by atoms with Crippen molar-refractivity contribution in [2.45, 2.75) is 30.9 Å². The van der Waals surface area contributed by atoms with Gasteiger partial charge in [0, 0.05) is 5.92 Å². The normalized spacial score (nSPS) is 13.0. The van der Waals surface area contributed by atoms with Gasteiger partial charge in [0.1, 0.15) is 0 Å². The van der Waals surface area contributed by atoms with Crippen molar-refractivity contribution in [2.75, 3.05) is 13.2 Å². The van der Waals surface area contributed by atoms with Gasteiger partial charge in [-0.05, 0) is 34.9 Å². The summed E-state index contributed by atoms with van der Waals surface area (Å²) in [5.74, 6) is -0.908. The molecule has 1 amide bonds. The van der Waals surface area contributed by atoms with Crippen molar-refractivity contribution < 1.29 is 35.9 Å². The van der Waals surface area contributed by atoms with Gasteiger partial charge in [0.05, 0.1) is 36.9 Å². The Kier molecular flexibility index (Phi) is 8.75. The van der Waals surface area contributed by atoms with Crippen molar-refractivity contribution in [1.29, 1.82) is 0 Å². The van der Waals surface area contributed by atoms with Gasteiger partial charge in [0.15, 0.2) is 0 Å². The van der Waals surface area contributed by atoms with Gasteiger partial charge in [-0.1, -0.05) is 60.7 Å². The highest BCUT2D eigenvalue weighted by molar-refractivity contribution is 5.78. The molecule has 0 heterocycles. The molecule has 3 aromatic carbocycles. The zero-order valence-corrected chi connectivity index (χ0v) is 18.9. The van der Waals surface area contributed by atoms with Gasteiger partial charge < -0.3 is 15.8 Å². The van der Waals surface area contributed by atoms with E-state index in [1.807, 2.05) is 60.7 Å². The van der Waals surface area contributed by atoms with Crippen molar-refractivity contribution in [1.82, 2.24) is 5.32 Å². The Balaban J connectivity index is 1.89. The van der Waals surface area contributed by atoms with Crippen molar-refractivity contribution >= 4 is 5.91 Å². The molecule has 1 atom stereocenters. The molecule has 0 radical (unpaired) electrons. The summed E-state index contributed by atoms with van der Waals surface area (Å²) >= 11 is 0. The zero-order valence-electron chi connectivity index (χ0n) is 18.9. The van der Waals surface area contributed by atoms with Crippen LogP contribution in [0.25, 0.3) is 0 Å². The summed E-state index contributed by atoms with van der Waals surface area (Å²) in [6.45, 7) is -1.04. The standard InChI is InChI=1S/C26H24F6N2O2/c27-25(28,29)20-11-17(12-21(13-20)26(30,31)32)15-36-16-22(34-23(35)14-33)24(18-7-3-1-4-8-18)19-9-5-2-6-10-19/h1-13,22,24H,14-16,33H2,(H,34,35). The SMILES string of the molecule is NCC(=O)NC(COCc1cc(C(F)(F)F)cc(C(F)(F)F)c1)C(c1ccccc1)c1ccccc1. The van der Waals surface area contributed by atoms with E-state index in [-0.39, 0.29) is 24.8 Å². The molecular formula is C26H24F6N2O2. The summed E-state index contributed by atoms with van der Waals surface area (Å²) in [5.41, 5.74) is 3.98. The average molecular weight is 510 g/mol.